The first kappa shape index (κ1) is 28.7. The van der Waals surface area contributed by atoms with Gasteiger partial charge in [-0.05, 0) is 0 Å². The van der Waals surface area contributed by atoms with Crippen molar-refractivity contribution in [1.82, 2.24) is 4.57 Å². The number of aromatic nitrogens is 1. The molecule has 35 heavy (non-hydrogen) atoms. The van der Waals surface area contributed by atoms with Crippen molar-refractivity contribution in [3.63, 3.8) is 0 Å². The van der Waals surface area contributed by atoms with E-state index in [-0.39, 0.29) is 19.8 Å². The minimum atomic E-state index is -7.98. The second-order valence-corrected chi connectivity index (χ2v) is 7.14. The molecule has 0 saturated carbocycles. The van der Waals surface area contributed by atoms with Gasteiger partial charge in [0.1, 0.15) is 19.8 Å². The summed E-state index contributed by atoms with van der Waals surface area (Å²) in [5.74, 6) is -38.5. The van der Waals surface area contributed by atoms with E-state index < -0.39 is 61.2 Å². The quantitative estimate of drug-likeness (QED) is 0.296. The molecule has 0 saturated heterocycles. The Bertz CT molecular complexity index is 887. The van der Waals surface area contributed by atoms with Crippen molar-refractivity contribution < 1.29 is 76.1 Å². The van der Waals surface area contributed by atoms with Crippen LogP contribution in [0.15, 0.2) is 12.4 Å². The van der Waals surface area contributed by atoms with Crippen LogP contribution in [0, 0.1) is 0 Å². The number of ether oxygens (including phenoxy) is 3. The Morgan fingerprint density at radius 2 is 1.23 bits per heavy atom. The smallest absolute Gasteiger partial charge is 0.460 e. The molecule has 0 amide bonds. The number of alkyl halides is 13. The Morgan fingerprint density at radius 1 is 0.771 bits per heavy atom. The first-order valence-corrected chi connectivity index (χ1v) is 9.26. The summed E-state index contributed by atoms with van der Waals surface area (Å²) in [4.78, 5) is 11.5. The van der Waals surface area contributed by atoms with E-state index in [1.807, 2.05) is 0 Å². The fourth-order valence-electron chi connectivity index (χ4n) is 2.67. The van der Waals surface area contributed by atoms with Crippen LogP contribution in [0.1, 0.15) is 12.8 Å². The van der Waals surface area contributed by atoms with E-state index in [9.17, 15) is 61.9 Å². The molecule has 1 aliphatic rings. The van der Waals surface area contributed by atoms with E-state index in [0.717, 1.165) is 0 Å². The maximum Gasteiger partial charge on any atom is 0.460 e. The molecule has 0 bridgehead atoms. The number of carbonyl (C=O) groups is 1. The summed E-state index contributed by atoms with van der Waals surface area (Å²) in [6.45, 7) is -0.261. The number of rotatable bonds is 10. The fraction of sp³-hybridized carbons (Fsp3) is 0.706. The molecule has 0 radical (unpaired) electrons. The van der Waals surface area contributed by atoms with Crippen LogP contribution < -0.4 is 9.47 Å². The fourth-order valence-corrected chi connectivity index (χ4v) is 2.67. The zero-order chi connectivity index (χ0) is 27.1. The molecule has 0 aromatic carbocycles. The summed E-state index contributed by atoms with van der Waals surface area (Å²) in [5.41, 5.74) is 0. The number of esters is 1. The zero-order valence-electron chi connectivity index (χ0n) is 16.9. The lowest BCUT2D eigenvalue weighted by atomic mass is 9.92. The molecule has 5 nitrogen and oxygen atoms in total. The third kappa shape index (κ3) is 5.05. The number of fused-ring (bicyclic) bond motifs is 1. The lowest BCUT2D eigenvalue weighted by Gasteiger charge is -2.39. The molecule has 0 spiro atoms. The number of hydrogen-bond donors (Lipinski definition) is 0. The Morgan fingerprint density at radius 3 is 1.69 bits per heavy atom. The summed E-state index contributed by atoms with van der Waals surface area (Å²) in [7, 11) is 0. The summed E-state index contributed by atoms with van der Waals surface area (Å²) in [6, 6.07) is 0. The summed E-state index contributed by atoms with van der Waals surface area (Å²) in [6.07, 6.45) is -9.14. The van der Waals surface area contributed by atoms with E-state index >= 15 is 0 Å². The van der Waals surface area contributed by atoms with Crippen molar-refractivity contribution in [2.24, 2.45) is 0 Å². The number of halogens is 13. The van der Waals surface area contributed by atoms with Gasteiger partial charge in [0.05, 0.1) is 25.4 Å². The van der Waals surface area contributed by atoms with E-state index in [0.29, 0.717) is 11.5 Å². The van der Waals surface area contributed by atoms with Crippen LogP contribution in [-0.2, 0) is 16.1 Å². The number of carbonyl (C=O) groups excluding carboxylic acids is 1. The normalized spacial score (nSPS) is 15.8. The largest absolute Gasteiger partial charge is 0.485 e. The predicted octanol–water partition coefficient (Wildman–Crippen LogP) is 5.32. The molecule has 0 N–H and O–H groups in total. The van der Waals surface area contributed by atoms with E-state index in [1.54, 1.807) is 0 Å². The molecular weight excluding hydrogens is 529 g/mol. The topological polar surface area (TPSA) is 49.7 Å². The lowest BCUT2D eigenvalue weighted by Crippen LogP contribution is -2.70. The van der Waals surface area contributed by atoms with Gasteiger partial charge in [0.2, 0.25) is 0 Å². The van der Waals surface area contributed by atoms with Gasteiger partial charge in [-0.2, -0.15) is 57.1 Å². The third-order valence-corrected chi connectivity index (χ3v) is 4.66. The summed E-state index contributed by atoms with van der Waals surface area (Å²) < 4.78 is 185. The van der Waals surface area contributed by atoms with Gasteiger partial charge in [0, 0.05) is 6.42 Å². The zero-order valence-corrected chi connectivity index (χ0v) is 16.9. The molecule has 202 valence electrons. The molecule has 0 fully saturated rings. The maximum absolute atomic E-state index is 13.7. The molecular formula is C17H14F13NO4. The highest BCUT2D eigenvalue weighted by atomic mass is 19.4. The van der Waals surface area contributed by atoms with Crippen molar-refractivity contribution in [3.8, 4) is 11.5 Å². The standard InChI is InChI=1S/C17H14F13NO4/c18-12(19,13(20,21)14(22,23)15(24,25)16(26,27)17(28,29)30)2-1-11(32)35-4-3-31-7-9-10(8-31)34-6-5-33-9/h7-8H,1-6H2. The first-order chi connectivity index (χ1) is 15.7. The van der Waals surface area contributed by atoms with Crippen LogP contribution in [0.2, 0.25) is 0 Å². The van der Waals surface area contributed by atoms with Gasteiger partial charge < -0.3 is 18.8 Å². The molecule has 18 heteroatoms. The Kier molecular flexibility index (Phi) is 7.49. The van der Waals surface area contributed by atoms with Crippen molar-refractivity contribution in [2.75, 3.05) is 19.8 Å². The van der Waals surface area contributed by atoms with Crippen molar-refractivity contribution in [2.45, 2.75) is 55.2 Å². The minimum absolute atomic E-state index is 0.158. The molecule has 0 atom stereocenters. The van der Waals surface area contributed by atoms with Crippen LogP contribution in [0.25, 0.3) is 0 Å². The van der Waals surface area contributed by atoms with E-state index in [2.05, 4.69) is 4.74 Å². The van der Waals surface area contributed by atoms with Crippen LogP contribution in [0.3, 0.4) is 0 Å². The average Bonchev–Trinajstić information content (AvgIpc) is 3.13. The van der Waals surface area contributed by atoms with Gasteiger partial charge >= 0.3 is 41.8 Å². The highest BCUT2D eigenvalue weighted by molar-refractivity contribution is 5.69. The Hall–Kier alpha value is -2.56. The van der Waals surface area contributed by atoms with E-state index in [1.165, 1.54) is 17.0 Å². The van der Waals surface area contributed by atoms with Crippen molar-refractivity contribution in [3.05, 3.63) is 12.4 Å². The second kappa shape index (κ2) is 9.15. The summed E-state index contributed by atoms with van der Waals surface area (Å²) in [5, 5.41) is 0. The van der Waals surface area contributed by atoms with Gasteiger partial charge in [0.15, 0.2) is 11.5 Å². The van der Waals surface area contributed by atoms with Gasteiger partial charge in [-0.25, -0.2) is 0 Å². The number of nitrogens with zero attached hydrogens (tertiary/aromatic N) is 1. The van der Waals surface area contributed by atoms with Gasteiger partial charge in [-0.15, -0.1) is 0 Å². The van der Waals surface area contributed by atoms with E-state index in [4.69, 9.17) is 9.47 Å². The molecule has 1 aromatic rings. The highest BCUT2D eigenvalue weighted by Crippen LogP contribution is 2.60. The SMILES string of the molecule is O=C(CCC(F)(F)C(F)(F)C(F)(F)C(F)(F)C(F)(F)C(F)(F)F)OCCn1cc2c(c1)OCCO2. The third-order valence-electron chi connectivity index (χ3n) is 4.66. The van der Waals surface area contributed by atoms with Gasteiger partial charge in [-0.1, -0.05) is 0 Å². The lowest BCUT2D eigenvalue weighted by molar-refractivity contribution is -0.440. The molecule has 1 aromatic heterocycles. The Labute approximate surface area is 186 Å². The van der Waals surface area contributed by atoms with Gasteiger partial charge in [0.25, 0.3) is 0 Å². The minimum Gasteiger partial charge on any atom is -0.485 e. The van der Waals surface area contributed by atoms with Crippen LogP contribution >= 0.6 is 0 Å². The van der Waals surface area contributed by atoms with Crippen LogP contribution in [0.5, 0.6) is 11.5 Å². The van der Waals surface area contributed by atoms with Crippen LogP contribution in [0.4, 0.5) is 57.1 Å². The Balaban J connectivity index is 2.00. The molecule has 1 aliphatic heterocycles. The summed E-state index contributed by atoms with van der Waals surface area (Å²) >= 11 is 0. The average molecular weight is 543 g/mol. The first-order valence-electron chi connectivity index (χ1n) is 9.26. The van der Waals surface area contributed by atoms with Crippen LogP contribution in [-0.4, -0.2) is 66.1 Å². The molecule has 0 aliphatic carbocycles. The number of hydrogen-bond acceptors (Lipinski definition) is 4. The second-order valence-electron chi connectivity index (χ2n) is 7.14. The molecule has 0 unspecified atom stereocenters. The molecule has 2 rings (SSSR count). The monoisotopic (exact) mass is 543 g/mol. The maximum atomic E-state index is 13.7. The highest BCUT2D eigenvalue weighted by Gasteiger charge is 2.90. The van der Waals surface area contributed by atoms with Crippen molar-refractivity contribution in [1.29, 1.82) is 0 Å². The van der Waals surface area contributed by atoms with Crippen molar-refractivity contribution >= 4 is 5.97 Å². The predicted molar refractivity (Wildman–Crippen MR) is 86.4 cm³/mol. The van der Waals surface area contributed by atoms with Gasteiger partial charge in [-0.3, -0.25) is 4.79 Å². The molecule has 2 heterocycles.